The largest absolute Gasteiger partial charge is 0.489 e. The molecule has 0 fully saturated rings. The molecule has 2 aromatic rings. The second-order valence-electron chi connectivity index (χ2n) is 4.58. The number of hydrogen-bond acceptors (Lipinski definition) is 4. The molecular weight excluding hydrogens is 356 g/mol. The van der Waals surface area contributed by atoms with E-state index < -0.39 is 10.0 Å². The standard InChI is InChI=1S/C14H13BrN2O3S/c15-11-6-5-10(16)9-14(11)21(18,19)17-7-8-20-13-4-2-1-3-12(13)17/h1-6,9H,7-8,16H2. The van der Waals surface area contributed by atoms with E-state index in [1.165, 1.54) is 10.4 Å². The molecule has 0 amide bonds. The molecule has 0 aromatic heterocycles. The lowest BCUT2D eigenvalue weighted by atomic mass is 10.2. The number of para-hydroxylation sites is 2. The molecule has 2 N–H and O–H groups in total. The fourth-order valence-corrected chi connectivity index (χ4v) is 4.65. The van der Waals surface area contributed by atoms with Crippen molar-refractivity contribution in [2.75, 3.05) is 23.2 Å². The number of nitrogens with two attached hydrogens (primary N) is 1. The van der Waals surface area contributed by atoms with E-state index in [4.69, 9.17) is 10.5 Å². The maximum Gasteiger partial charge on any atom is 0.265 e. The van der Waals surface area contributed by atoms with Crippen LogP contribution in [0.2, 0.25) is 0 Å². The molecule has 5 nitrogen and oxygen atoms in total. The van der Waals surface area contributed by atoms with Crippen LogP contribution in [0.4, 0.5) is 11.4 Å². The van der Waals surface area contributed by atoms with Gasteiger partial charge in [-0.2, -0.15) is 0 Å². The first-order chi connectivity index (χ1) is 10.00. The van der Waals surface area contributed by atoms with Crippen molar-refractivity contribution >= 4 is 37.3 Å². The lowest BCUT2D eigenvalue weighted by molar-refractivity contribution is 0.316. The van der Waals surface area contributed by atoms with E-state index in [1.54, 1.807) is 30.3 Å². The molecule has 1 aliphatic heterocycles. The Morgan fingerprint density at radius 3 is 2.76 bits per heavy atom. The average Bonchev–Trinajstić information content (AvgIpc) is 2.49. The first kappa shape index (κ1) is 14.2. The summed E-state index contributed by atoms with van der Waals surface area (Å²) in [7, 11) is -3.70. The lowest BCUT2D eigenvalue weighted by Crippen LogP contribution is -2.38. The van der Waals surface area contributed by atoms with E-state index in [0.717, 1.165) is 0 Å². The highest BCUT2D eigenvalue weighted by atomic mass is 79.9. The molecule has 110 valence electrons. The summed E-state index contributed by atoms with van der Waals surface area (Å²) < 4.78 is 33.2. The smallest absolute Gasteiger partial charge is 0.265 e. The van der Waals surface area contributed by atoms with Gasteiger partial charge in [0.05, 0.1) is 12.2 Å². The molecule has 0 saturated heterocycles. The predicted molar refractivity (Wildman–Crippen MR) is 85.0 cm³/mol. The van der Waals surface area contributed by atoms with Crippen molar-refractivity contribution in [3.8, 4) is 5.75 Å². The molecule has 0 atom stereocenters. The number of anilines is 2. The van der Waals surface area contributed by atoms with Crippen molar-refractivity contribution in [1.29, 1.82) is 0 Å². The van der Waals surface area contributed by atoms with E-state index in [0.29, 0.717) is 28.2 Å². The monoisotopic (exact) mass is 368 g/mol. The van der Waals surface area contributed by atoms with Crippen LogP contribution in [0.1, 0.15) is 0 Å². The second kappa shape index (κ2) is 5.23. The molecule has 0 saturated carbocycles. The van der Waals surface area contributed by atoms with Crippen LogP contribution in [0.15, 0.2) is 51.8 Å². The summed E-state index contributed by atoms with van der Waals surface area (Å²) in [6.45, 7) is 0.580. The topological polar surface area (TPSA) is 72.6 Å². The van der Waals surface area contributed by atoms with Crippen molar-refractivity contribution < 1.29 is 13.2 Å². The highest BCUT2D eigenvalue weighted by molar-refractivity contribution is 9.10. The minimum absolute atomic E-state index is 0.152. The predicted octanol–water partition coefficient (Wildman–Crippen LogP) is 2.62. The maximum atomic E-state index is 12.9. The number of hydrogen-bond donors (Lipinski definition) is 1. The third-order valence-corrected chi connectivity index (χ3v) is 6.02. The molecule has 21 heavy (non-hydrogen) atoms. The first-order valence-electron chi connectivity index (χ1n) is 6.30. The van der Waals surface area contributed by atoms with Crippen molar-refractivity contribution in [1.82, 2.24) is 0 Å². The summed E-state index contributed by atoms with van der Waals surface area (Å²) in [5.41, 5.74) is 6.66. The minimum Gasteiger partial charge on any atom is -0.489 e. The molecule has 0 radical (unpaired) electrons. The molecule has 3 rings (SSSR count). The van der Waals surface area contributed by atoms with Crippen LogP contribution in [-0.4, -0.2) is 21.6 Å². The van der Waals surface area contributed by atoms with Crippen LogP contribution < -0.4 is 14.8 Å². The fourth-order valence-electron chi connectivity index (χ4n) is 2.23. The molecular formula is C14H13BrN2O3S. The molecule has 7 heteroatoms. The van der Waals surface area contributed by atoms with Crippen LogP contribution in [-0.2, 0) is 10.0 Å². The summed E-state index contributed by atoms with van der Waals surface area (Å²) in [5, 5.41) is 0. The van der Waals surface area contributed by atoms with Crippen LogP contribution in [0.3, 0.4) is 0 Å². The number of benzene rings is 2. The van der Waals surface area contributed by atoms with E-state index in [-0.39, 0.29) is 11.4 Å². The van der Waals surface area contributed by atoms with Crippen molar-refractivity contribution in [3.05, 3.63) is 46.9 Å². The number of ether oxygens (including phenoxy) is 1. The Labute approximate surface area is 131 Å². The zero-order chi connectivity index (χ0) is 15.0. The van der Waals surface area contributed by atoms with Gasteiger partial charge in [-0.1, -0.05) is 12.1 Å². The van der Waals surface area contributed by atoms with Gasteiger partial charge in [-0.25, -0.2) is 8.42 Å². The van der Waals surface area contributed by atoms with Gasteiger partial charge >= 0.3 is 0 Å². The van der Waals surface area contributed by atoms with Gasteiger partial charge in [-0.3, -0.25) is 4.31 Å². The van der Waals surface area contributed by atoms with E-state index in [1.807, 2.05) is 6.07 Å². The molecule has 0 spiro atoms. The van der Waals surface area contributed by atoms with Crippen LogP contribution in [0, 0.1) is 0 Å². The van der Waals surface area contributed by atoms with E-state index >= 15 is 0 Å². The highest BCUT2D eigenvalue weighted by Crippen LogP contribution is 2.36. The molecule has 0 aliphatic carbocycles. The molecule has 2 aromatic carbocycles. The normalized spacial score (nSPS) is 14.4. The zero-order valence-corrected chi connectivity index (χ0v) is 13.4. The number of sulfonamides is 1. The number of nitrogen functional groups attached to an aromatic ring is 1. The van der Waals surface area contributed by atoms with Crippen LogP contribution in [0.5, 0.6) is 5.75 Å². The molecule has 0 bridgehead atoms. The van der Waals surface area contributed by atoms with Gasteiger partial charge in [0.15, 0.2) is 0 Å². The summed E-state index contributed by atoms with van der Waals surface area (Å²) in [6.07, 6.45) is 0. The summed E-state index contributed by atoms with van der Waals surface area (Å²) >= 11 is 3.28. The third-order valence-electron chi connectivity index (χ3n) is 3.21. The molecule has 0 unspecified atom stereocenters. The van der Waals surface area contributed by atoms with Crippen LogP contribution in [0.25, 0.3) is 0 Å². The van der Waals surface area contributed by atoms with Gasteiger partial charge in [0.25, 0.3) is 10.0 Å². The lowest BCUT2D eigenvalue weighted by Gasteiger charge is -2.30. The third kappa shape index (κ3) is 2.47. The summed E-state index contributed by atoms with van der Waals surface area (Å²) in [4.78, 5) is 0.152. The Morgan fingerprint density at radius 2 is 1.95 bits per heavy atom. The number of fused-ring (bicyclic) bond motifs is 1. The minimum atomic E-state index is -3.70. The Kier molecular flexibility index (Phi) is 3.54. The van der Waals surface area contributed by atoms with Gasteiger partial charge in [0.2, 0.25) is 0 Å². The summed E-state index contributed by atoms with van der Waals surface area (Å²) in [5.74, 6) is 0.562. The second-order valence-corrected chi connectivity index (χ2v) is 7.27. The SMILES string of the molecule is Nc1ccc(Br)c(S(=O)(=O)N2CCOc3ccccc32)c1. The Morgan fingerprint density at radius 1 is 1.19 bits per heavy atom. The number of rotatable bonds is 2. The average molecular weight is 369 g/mol. The van der Waals surface area contributed by atoms with E-state index in [2.05, 4.69) is 15.9 Å². The van der Waals surface area contributed by atoms with Crippen molar-refractivity contribution in [2.24, 2.45) is 0 Å². The number of halogens is 1. The fraction of sp³-hybridized carbons (Fsp3) is 0.143. The van der Waals surface area contributed by atoms with Gasteiger partial charge in [-0.05, 0) is 46.3 Å². The molecule has 1 heterocycles. The van der Waals surface area contributed by atoms with Gasteiger partial charge < -0.3 is 10.5 Å². The van der Waals surface area contributed by atoms with Crippen LogP contribution >= 0.6 is 15.9 Å². The highest BCUT2D eigenvalue weighted by Gasteiger charge is 2.31. The Bertz CT molecular complexity index is 793. The van der Waals surface area contributed by atoms with Crippen molar-refractivity contribution in [3.63, 3.8) is 0 Å². The zero-order valence-electron chi connectivity index (χ0n) is 11.0. The number of nitrogens with zero attached hydrogens (tertiary/aromatic N) is 1. The Hall–Kier alpha value is -1.73. The van der Waals surface area contributed by atoms with E-state index in [9.17, 15) is 8.42 Å². The quantitative estimate of drug-likeness (QED) is 0.826. The van der Waals surface area contributed by atoms with Gasteiger partial charge in [0.1, 0.15) is 17.3 Å². The molecule has 1 aliphatic rings. The van der Waals surface area contributed by atoms with Gasteiger partial charge in [0, 0.05) is 10.2 Å². The van der Waals surface area contributed by atoms with Gasteiger partial charge in [-0.15, -0.1) is 0 Å². The Balaban J connectivity index is 2.14. The first-order valence-corrected chi connectivity index (χ1v) is 8.53. The summed E-state index contributed by atoms with van der Waals surface area (Å²) in [6, 6.07) is 11.8. The van der Waals surface area contributed by atoms with Crippen molar-refractivity contribution in [2.45, 2.75) is 4.90 Å². The maximum absolute atomic E-state index is 12.9.